The third-order valence-corrected chi connectivity index (χ3v) is 7.39. The molecule has 0 bridgehead atoms. The largest absolute Gasteiger partial charge is 0.380 e. The zero-order valence-corrected chi connectivity index (χ0v) is 16.7. The Labute approximate surface area is 162 Å². The van der Waals surface area contributed by atoms with Gasteiger partial charge >= 0.3 is 0 Å². The maximum atomic E-state index is 12.9. The lowest BCUT2D eigenvalue weighted by atomic mass is 9.72. The molecule has 2 saturated heterocycles. The van der Waals surface area contributed by atoms with Crippen LogP contribution in [0.25, 0.3) is 0 Å². The highest BCUT2D eigenvalue weighted by molar-refractivity contribution is 5.88. The first kappa shape index (κ1) is 19.2. The lowest BCUT2D eigenvalue weighted by Crippen LogP contribution is -2.54. The number of aliphatic hydroxyl groups is 1. The van der Waals surface area contributed by atoms with Crippen LogP contribution < -0.4 is 5.32 Å². The van der Waals surface area contributed by atoms with E-state index < -0.39 is 5.60 Å². The van der Waals surface area contributed by atoms with Gasteiger partial charge in [-0.25, -0.2) is 0 Å². The molecule has 2 saturated carbocycles. The molecule has 2 amide bonds. The second-order valence-corrected chi connectivity index (χ2v) is 9.52. The number of amides is 2. The van der Waals surface area contributed by atoms with Gasteiger partial charge in [-0.2, -0.15) is 0 Å². The normalized spacial score (nSPS) is 36.4. The minimum atomic E-state index is -1.09. The molecule has 6 heteroatoms. The van der Waals surface area contributed by atoms with E-state index in [9.17, 15) is 14.7 Å². The first-order valence-electron chi connectivity index (χ1n) is 11.0. The fourth-order valence-corrected chi connectivity index (χ4v) is 5.41. The van der Waals surface area contributed by atoms with Gasteiger partial charge < -0.3 is 20.2 Å². The molecule has 2 aliphatic heterocycles. The van der Waals surface area contributed by atoms with Gasteiger partial charge in [-0.15, -0.1) is 0 Å². The summed E-state index contributed by atoms with van der Waals surface area (Å²) in [6.45, 7) is 6.99. The topological polar surface area (TPSA) is 72.9 Å². The molecule has 2 aliphatic carbocycles. The van der Waals surface area contributed by atoms with E-state index in [-0.39, 0.29) is 11.8 Å². The van der Waals surface area contributed by atoms with Crippen LogP contribution in [-0.4, -0.2) is 71.6 Å². The number of hydrogen-bond donors (Lipinski definition) is 2. The molecule has 6 nitrogen and oxygen atoms in total. The van der Waals surface area contributed by atoms with Crippen LogP contribution in [-0.2, 0) is 9.59 Å². The van der Waals surface area contributed by atoms with Crippen LogP contribution in [0.15, 0.2) is 0 Å². The van der Waals surface area contributed by atoms with Crippen LogP contribution in [0.2, 0.25) is 0 Å². The van der Waals surface area contributed by atoms with E-state index in [0.29, 0.717) is 44.9 Å². The molecule has 2 heterocycles. The minimum Gasteiger partial charge on any atom is -0.380 e. The molecule has 4 rings (SSSR count). The highest BCUT2D eigenvalue weighted by atomic mass is 16.3. The van der Waals surface area contributed by atoms with E-state index in [4.69, 9.17) is 0 Å². The Bertz CT molecular complexity index is 561. The fourth-order valence-electron chi connectivity index (χ4n) is 5.41. The van der Waals surface area contributed by atoms with Crippen molar-refractivity contribution in [2.75, 3.05) is 39.3 Å². The van der Waals surface area contributed by atoms with E-state index >= 15 is 0 Å². The summed E-state index contributed by atoms with van der Waals surface area (Å²) in [5, 5.41) is 13.6. The SMILES string of the molecule is CC1CNCC(C2CCC(C(=O)N3CCN(C(=O)C4(O)CC4)CC3)CC2)C1. The average molecular weight is 378 g/mol. The molecule has 4 aliphatic rings. The maximum Gasteiger partial charge on any atom is 0.254 e. The number of nitrogens with one attached hydrogen (secondary N) is 1. The van der Waals surface area contributed by atoms with Gasteiger partial charge in [-0.3, -0.25) is 9.59 Å². The average Bonchev–Trinajstić information content (AvgIpc) is 3.46. The Kier molecular flexibility index (Phi) is 5.48. The highest BCUT2D eigenvalue weighted by Gasteiger charge is 2.50. The highest BCUT2D eigenvalue weighted by Crippen LogP contribution is 2.38. The molecule has 0 radical (unpaired) electrons. The summed E-state index contributed by atoms with van der Waals surface area (Å²) in [7, 11) is 0. The smallest absolute Gasteiger partial charge is 0.254 e. The zero-order valence-electron chi connectivity index (χ0n) is 16.7. The summed E-state index contributed by atoms with van der Waals surface area (Å²) in [5.74, 6) is 2.66. The van der Waals surface area contributed by atoms with E-state index in [0.717, 1.165) is 43.7 Å². The number of nitrogens with zero attached hydrogens (tertiary/aromatic N) is 2. The third-order valence-electron chi connectivity index (χ3n) is 7.39. The predicted octanol–water partition coefficient (Wildman–Crippen LogP) is 1.23. The van der Waals surface area contributed by atoms with Crippen molar-refractivity contribution in [3.05, 3.63) is 0 Å². The van der Waals surface area contributed by atoms with Gasteiger partial charge in [0.25, 0.3) is 5.91 Å². The van der Waals surface area contributed by atoms with Gasteiger partial charge in [0.1, 0.15) is 5.60 Å². The van der Waals surface area contributed by atoms with E-state index in [1.165, 1.54) is 19.3 Å². The number of carbonyl (C=O) groups is 2. The Hall–Kier alpha value is -1.14. The van der Waals surface area contributed by atoms with Crippen molar-refractivity contribution in [1.82, 2.24) is 15.1 Å². The van der Waals surface area contributed by atoms with Crippen LogP contribution in [0.3, 0.4) is 0 Å². The van der Waals surface area contributed by atoms with E-state index in [1.807, 2.05) is 4.90 Å². The van der Waals surface area contributed by atoms with Gasteiger partial charge in [0, 0.05) is 32.1 Å². The van der Waals surface area contributed by atoms with Crippen LogP contribution in [0, 0.1) is 23.7 Å². The standard InChI is InChI=1S/C21H35N3O3/c1-15-12-18(14-22-13-15)16-2-4-17(5-3-16)19(25)23-8-10-24(11-9-23)20(26)21(27)6-7-21/h15-18,22,27H,2-14H2,1H3. The molecular weight excluding hydrogens is 342 g/mol. The minimum absolute atomic E-state index is 0.134. The van der Waals surface area contributed by atoms with Gasteiger partial charge in [0.2, 0.25) is 5.91 Å². The lowest BCUT2D eigenvalue weighted by molar-refractivity contribution is -0.148. The lowest BCUT2D eigenvalue weighted by Gasteiger charge is -2.40. The van der Waals surface area contributed by atoms with Crippen molar-refractivity contribution in [3.8, 4) is 0 Å². The molecule has 152 valence electrons. The zero-order chi connectivity index (χ0) is 19.0. The molecule has 27 heavy (non-hydrogen) atoms. The number of hydrogen-bond acceptors (Lipinski definition) is 4. The first-order chi connectivity index (χ1) is 13.0. The van der Waals surface area contributed by atoms with Crippen molar-refractivity contribution in [2.24, 2.45) is 23.7 Å². The number of carbonyl (C=O) groups excluding carboxylic acids is 2. The quantitative estimate of drug-likeness (QED) is 0.776. The van der Waals surface area contributed by atoms with Gasteiger partial charge in [0.15, 0.2) is 0 Å². The summed E-state index contributed by atoms with van der Waals surface area (Å²) in [5.41, 5.74) is -1.09. The van der Waals surface area contributed by atoms with Gasteiger partial charge in [-0.05, 0) is 75.8 Å². The number of rotatable bonds is 3. The second kappa shape index (κ2) is 7.70. The van der Waals surface area contributed by atoms with Gasteiger partial charge in [-0.1, -0.05) is 6.92 Å². The summed E-state index contributed by atoms with van der Waals surface area (Å²) in [6, 6.07) is 0. The second-order valence-electron chi connectivity index (χ2n) is 9.52. The van der Waals surface area contributed by atoms with Crippen LogP contribution in [0.4, 0.5) is 0 Å². The van der Waals surface area contributed by atoms with E-state index in [1.54, 1.807) is 4.90 Å². The monoisotopic (exact) mass is 377 g/mol. The Balaban J connectivity index is 1.22. The van der Waals surface area contributed by atoms with Crippen LogP contribution in [0.1, 0.15) is 51.9 Å². The molecule has 4 fully saturated rings. The van der Waals surface area contributed by atoms with Crippen LogP contribution in [0.5, 0.6) is 0 Å². The first-order valence-corrected chi connectivity index (χ1v) is 11.0. The van der Waals surface area contributed by atoms with Crippen molar-refractivity contribution in [1.29, 1.82) is 0 Å². The fraction of sp³-hybridized carbons (Fsp3) is 0.905. The van der Waals surface area contributed by atoms with Crippen molar-refractivity contribution in [3.63, 3.8) is 0 Å². The summed E-state index contributed by atoms with van der Waals surface area (Å²) in [6.07, 6.45) is 6.91. The number of piperidine rings is 1. The number of piperazine rings is 1. The van der Waals surface area contributed by atoms with Crippen molar-refractivity contribution in [2.45, 2.75) is 57.5 Å². The van der Waals surface area contributed by atoms with Crippen molar-refractivity contribution >= 4 is 11.8 Å². The molecule has 0 aromatic heterocycles. The predicted molar refractivity (Wildman–Crippen MR) is 103 cm³/mol. The Morgan fingerprint density at radius 1 is 0.926 bits per heavy atom. The Morgan fingerprint density at radius 3 is 2.15 bits per heavy atom. The molecular formula is C21H35N3O3. The molecule has 2 unspecified atom stereocenters. The molecule has 2 N–H and O–H groups in total. The summed E-state index contributed by atoms with van der Waals surface area (Å²) in [4.78, 5) is 28.9. The van der Waals surface area contributed by atoms with Crippen molar-refractivity contribution < 1.29 is 14.7 Å². The molecule has 0 aromatic rings. The summed E-state index contributed by atoms with van der Waals surface area (Å²) >= 11 is 0. The molecule has 0 spiro atoms. The van der Waals surface area contributed by atoms with Gasteiger partial charge in [0.05, 0.1) is 0 Å². The Morgan fingerprint density at radius 2 is 1.56 bits per heavy atom. The third kappa shape index (κ3) is 4.16. The van der Waals surface area contributed by atoms with E-state index in [2.05, 4.69) is 12.2 Å². The molecule has 2 atom stereocenters. The molecule has 0 aromatic carbocycles. The summed E-state index contributed by atoms with van der Waals surface area (Å²) < 4.78 is 0. The van der Waals surface area contributed by atoms with Crippen LogP contribution >= 0.6 is 0 Å². The maximum absolute atomic E-state index is 12.9.